The number of primary amides is 1. The van der Waals surface area contributed by atoms with Crippen LogP contribution in [0.15, 0.2) is 42.5 Å². The highest BCUT2D eigenvalue weighted by atomic mass is 35.5. The van der Waals surface area contributed by atoms with Gasteiger partial charge in [-0.05, 0) is 43.2 Å². The van der Waals surface area contributed by atoms with E-state index in [1.54, 1.807) is 24.3 Å². The monoisotopic (exact) mass is 557 g/mol. The second-order valence-electron chi connectivity index (χ2n) is 8.95. The van der Waals surface area contributed by atoms with E-state index in [2.05, 4.69) is 25.9 Å². The summed E-state index contributed by atoms with van der Waals surface area (Å²) in [5, 5.41) is 8.86. The fourth-order valence-electron chi connectivity index (χ4n) is 3.87. The second-order valence-corrected chi connectivity index (χ2v) is 10.4. The Bertz CT molecular complexity index is 1580. The third-order valence-corrected chi connectivity index (χ3v) is 7.26. The molecule has 0 radical (unpaired) electrons. The van der Waals surface area contributed by atoms with Crippen LogP contribution < -0.4 is 27.4 Å². The van der Waals surface area contributed by atoms with E-state index in [1.165, 1.54) is 12.1 Å². The Morgan fingerprint density at radius 3 is 2.47 bits per heavy atom. The first-order valence-corrected chi connectivity index (χ1v) is 12.7. The molecular formula is C25H22ClF2N7O2S. The summed E-state index contributed by atoms with van der Waals surface area (Å²) in [5.41, 5.74) is 13.2. The average Bonchev–Trinajstić information content (AvgIpc) is 3.59. The van der Waals surface area contributed by atoms with Gasteiger partial charge in [-0.3, -0.25) is 4.79 Å². The number of nitrogens with one attached hydrogen (secondary N) is 3. The minimum absolute atomic E-state index is 0.102. The standard InChI is InChI=1S/C25H22ClF2N7O2S/c1-25(27,28)15-10-14(7-8-16(15)26)33-24(37)32-13-4-2-3-11(9-13)19-17-18(29)20(21(30)36)38-22(17)35-23(34-19)31-12-5-6-12/h2-4,7-10,12H,5-6,29H2,1H3,(H2,30,36)(H,31,34,35)(H2,32,33,37). The zero-order valence-corrected chi connectivity index (χ0v) is 21.5. The molecule has 1 aliphatic rings. The Hall–Kier alpha value is -4.03. The molecule has 4 aromatic rings. The van der Waals surface area contributed by atoms with E-state index in [-0.39, 0.29) is 27.3 Å². The van der Waals surface area contributed by atoms with Gasteiger partial charge in [0, 0.05) is 40.5 Å². The minimum atomic E-state index is -3.17. The van der Waals surface area contributed by atoms with Gasteiger partial charge in [-0.25, -0.2) is 23.5 Å². The zero-order valence-electron chi connectivity index (χ0n) is 19.9. The number of fused-ring (bicyclic) bond motifs is 1. The normalized spacial score (nSPS) is 13.4. The molecule has 0 aliphatic heterocycles. The molecule has 7 N–H and O–H groups in total. The highest BCUT2D eigenvalue weighted by Gasteiger charge is 2.28. The number of hydrogen-bond donors (Lipinski definition) is 5. The molecule has 1 fully saturated rings. The molecule has 0 bridgehead atoms. The Balaban J connectivity index is 1.45. The molecule has 1 aliphatic carbocycles. The molecule has 0 unspecified atom stereocenters. The van der Waals surface area contributed by atoms with E-state index in [0.29, 0.717) is 33.1 Å². The first kappa shape index (κ1) is 25.6. The van der Waals surface area contributed by atoms with Gasteiger partial charge in [0.15, 0.2) is 0 Å². The second kappa shape index (κ2) is 9.69. The smallest absolute Gasteiger partial charge is 0.323 e. The van der Waals surface area contributed by atoms with Gasteiger partial charge in [0.05, 0.1) is 16.8 Å². The first-order chi connectivity index (χ1) is 18.0. The maximum Gasteiger partial charge on any atom is 0.323 e. The Labute approximate surface area is 224 Å². The lowest BCUT2D eigenvalue weighted by molar-refractivity contribution is 0.0176. The van der Waals surface area contributed by atoms with Crippen molar-refractivity contribution in [2.24, 2.45) is 5.73 Å². The molecule has 13 heteroatoms. The molecule has 5 rings (SSSR count). The maximum absolute atomic E-state index is 13.8. The number of benzene rings is 2. The van der Waals surface area contributed by atoms with E-state index in [9.17, 15) is 18.4 Å². The number of urea groups is 1. The largest absolute Gasteiger partial charge is 0.397 e. The average molecular weight is 558 g/mol. The fraction of sp³-hybridized carbons (Fsp3) is 0.200. The van der Waals surface area contributed by atoms with Gasteiger partial charge in [-0.1, -0.05) is 23.7 Å². The summed E-state index contributed by atoms with van der Waals surface area (Å²) >= 11 is 6.97. The van der Waals surface area contributed by atoms with Gasteiger partial charge >= 0.3 is 6.03 Å². The van der Waals surface area contributed by atoms with Crippen molar-refractivity contribution in [1.29, 1.82) is 0 Å². The van der Waals surface area contributed by atoms with Crippen LogP contribution in [-0.4, -0.2) is 27.9 Å². The molecule has 0 atom stereocenters. The molecule has 1 saturated carbocycles. The van der Waals surface area contributed by atoms with E-state index in [1.807, 2.05) is 0 Å². The molecule has 2 aromatic heterocycles. The molecule has 0 saturated heterocycles. The first-order valence-electron chi connectivity index (χ1n) is 11.5. The summed E-state index contributed by atoms with van der Waals surface area (Å²) in [6.45, 7) is 0.728. The van der Waals surface area contributed by atoms with Crippen molar-refractivity contribution in [3.05, 3.63) is 57.9 Å². The van der Waals surface area contributed by atoms with Crippen molar-refractivity contribution in [3.8, 4) is 11.3 Å². The molecule has 3 amide bonds. The predicted octanol–water partition coefficient (Wildman–Crippen LogP) is 6.02. The van der Waals surface area contributed by atoms with Crippen LogP contribution in [0.1, 0.15) is 35.0 Å². The number of nitrogens with two attached hydrogens (primary N) is 2. The van der Waals surface area contributed by atoms with Gasteiger partial charge in [0.25, 0.3) is 11.8 Å². The number of alkyl halides is 2. The van der Waals surface area contributed by atoms with Crippen molar-refractivity contribution in [1.82, 2.24) is 9.97 Å². The number of carbonyl (C=O) groups excluding carboxylic acids is 2. The van der Waals surface area contributed by atoms with Gasteiger partial charge < -0.3 is 27.4 Å². The Morgan fingerprint density at radius 2 is 1.82 bits per heavy atom. The fourth-order valence-corrected chi connectivity index (χ4v) is 5.10. The predicted molar refractivity (Wildman–Crippen MR) is 146 cm³/mol. The topological polar surface area (TPSA) is 148 Å². The highest BCUT2D eigenvalue weighted by Crippen LogP contribution is 2.40. The summed E-state index contributed by atoms with van der Waals surface area (Å²) in [6, 6.07) is 10.3. The van der Waals surface area contributed by atoms with Crippen LogP contribution in [0, 0.1) is 0 Å². The molecule has 9 nitrogen and oxygen atoms in total. The molecule has 38 heavy (non-hydrogen) atoms. The molecule has 0 spiro atoms. The van der Waals surface area contributed by atoms with E-state index in [0.717, 1.165) is 37.2 Å². The SMILES string of the molecule is CC(F)(F)c1cc(NC(=O)Nc2cccc(-c3nc(NC4CC4)nc4sc(C(N)=O)c(N)c34)c2)ccc1Cl. The van der Waals surface area contributed by atoms with Gasteiger partial charge in [0.1, 0.15) is 9.71 Å². The van der Waals surface area contributed by atoms with E-state index in [4.69, 9.17) is 23.1 Å². The molecule has 2 heterocycles. The number of rotatable bonds is 7. The number of halogens is 3. The number of thiophene rings is 1. The van der Waals surface area contributed by atoms with Gasteiger partial charge in [0.2, 0.25) is 5.95 Å². The van der Waals surface area contributed by atoms with Crippen molar-refractivity contribution in [2.75, 3.05) is 21.7 Å². The number of aromatic nitrogens is 2. The van der Waals surface area contributed by atoms with Crippen LogP contribution in [0.5, 0.6) is 0 Å². The summed E-state index contributed by atoms with van der Waals surface area (Å²) in [7, 11) is 0. The van der Waals surface area contributed by atoms with E-state index < -0.39 is 23.4 Å². The van der Waals surface area contributed by atoms with Crippen molar-refractivity contribution >= 4 is 68.1 Å². The van der Waals surface area contributed by atoms with Crippen molar-refractivity contribution in [2.45, 2.75) is 31.7 Å². The summed E-state index contributed by atoms with van der Waals surface area (Å²) in [6.07, 6.45) is 2.02. The van der Waals surface area contributed by atoms with Crippen molar-refractivity contribution in [3.63, 3.8) is 0 Å². The van der Waals surface area contributed by atoms with Crippen LogP contribution in [-0.2, 0) is 5.92 Å². The summed E-state index contributed by atoms with van der Waals surface area (Å²) in [4.78, 5) is 34.4. The minimum Gasteiger partial charge on any atom is -0.397 e. The Kier molecular flexibility index (Phi) is 6.53. The van der Waals surface area contributed by atoms with Crippen molar-refractivity contribution < 1.29 is 18.4 Å². The Morgan fingerprint density at radius 1 is 1.11 bits per heavy atom. The molecule has 196 valence electrons. The molecule has 2 aromatic carbocycles. The third-order valence-electron chi connectivity index (χ3n) is 5.81. The lowest BCUT2D eigenvalue weighted by Gasteiger charge is -2.15. The lowest BCUT2D eigenvalue weighted by Crippen LogP contribution is -2.20. The third kappa shape index (κ3) is 5.31. The number of amides is 3. The molecular weight excluding hydrogens is 536 g/mol. The van der Waals surface area contributed by atoms with Gasteiger partial charge in [-0.2, -0.15) is 0 Å². The van der Waals surface area contributed by atoms with Crippen LogP contribution in [0.4, 0.5) is 36.6 Å². The van der Waals surface area contributed by atoms with Crippen LogP contribution in [0.25, 0.3) is 21.5 Å². The van der Waals surface area contributed by atoms with Crippen LogP contribution >= 0.6 is 22.9 Å². The quantitative estimate of drug-likeness (QED) is 0.187. The summed E-state index contributed by atoms with van der Waals surface area (Å²) in [5.74, 6) is -3.44. The number of carbonyl (C=O) groups is 2. The number of hydrogen-bond acceptors (Lipinski definition) is 7. The van der Waals surface area contributed by atoms with Crippen LogP contribution in [0.3, 0.4) is 0 Å². The van der Waals surface area contributed by atoms with Gasteiger partial charge in [-0.15, -0.1) is 11.3 Å². The summed E-state index contributed by atoms with van der Waals surface area (Å²) < 4.78 is 27.6. The van der Waals surface area contributed by atoms with E-state index >= 15 is 0 Å². The number of nitrogens with zero attached hydrogens (tertiary/aromatic N) is 2. The maximum atomic E-state index is 13.8. The number of nitrogen functional groups attached to an aromatic ring is 1. The highest BCUT2D eigenvalue weighted by molar-refractivity contribution is 7.21. The number of anilines is 4. The lowest BCUT2D eigenvalue weighted by atomic mass is 10.1. The zero-order chi connectivity index (χ0) is 27.2. The van der Waals surface area contributed by atoms with Crippen LogP contribution in [0.2, 0.25) is 5.02 Å².